The molecule has 3 rings (SSSR count). The minimum atomic E-state index is 0.179. The zero-order valence-electron chi connectivity index (χ0n) is 14.0. The van der Waals surface area contributed by atoms with E-state index in [-0.39, 0.29) is 5.91 Å². The van der Waals surface area contributed by atoms with Gasteiger partial charge in [-0.15, -0.1) is 0 Å². The number of benzene rings is 1. The van der Waals surface area contributed by atoms with E-state index in [0.29, 0.717) is 18.6 Å². The van der Waals surface area contributed by atoms with Gasteiger partial charge in [0.25, 0.3) is 0 Å². The summed E-state index contributed by atoms with van der Waals surface area (Å²) in [5, 5.41) is 3.33. The largest absolute Gasteiger partial charge is 0.360 e. The second-order valence-corrected chi connectivity index (χ2v) is 7.33. The topological polar surface area (TPSA) is 32.3 Å². The Bertz CT molecular complexity index is 503. The fraction of sp³-hybridized carbons (Fsp3) is 0.632. The minimum absolute atomic E-state index is 0.179. The van der Waals surface area contributed by atoms with Crippen LogP contribution in [0.25, 0.3) is 0 Å². The first-order valence-corrected chi connectivity index (χ1v) is 8.67. The predicted molar refractivity (Wildman–Crippen MR) is 91.0 cm³/mol. The van der Waals surface area contributed by atoms with Crippen LogP contribution in [0.2, 0.25) is 0 Å². The van der Waals surface area contributed by atoms with Gasteiger partial charge in [0.05, 0.1) is 6.54 Å². The van der Waals surface area contributed by atoms with Crippen LogP contribution in [0.4, 0.5) is 5.69 Å². The number of rotatable bonds is 7. The molecule has 2 saturated carbocycles. The Morgan fingerprint density at radius 3 is 2.14 bits per heavy atom. The second kappa shape index (κ2) is 6.31. The van der Waals surface area contributed by atoms with Crippen LogP contribution in [0, 0.1) is 18.8 Å². The summed E-state index contributed by atoms with van der Waals surface area (Å²) in [5.74, 6) is 1.68. The molecule has 0 radical (unpaired) electrons. The molecule has 2 aliphatic rings. The Hall–Kier alpha value is -1.51. The van der Waals surface area contributed by atoms with Crippen LogP contribution < -0.4 is 10.2 Å². The third-order valence-corrected chi connectivity index (χ3v) is 4.89. The predicted octanol–water partition coefficient (Wildman–Crippen LogP) is 3.51. The van der Waals surface area contributed by atoms with Gasteiger partial charge >= 0.3 is 0 Å². The van der Waals surface area contributed by atoms with E-state index in [9.17, 15) is 4.79 Å². The van der Waals surface area contributed by atoms with Crippen LogP contribution >= 0.6 is 0 Å². The van der Waals surface area contributed by atoms with Crippen molar-refractivity contribution in [3.63, 3.8) is 0 Å². The van der Waals surface area contributed by atoms with Crippen molar-refractivity contribution in [3.05, 3.63) is 29.8 Å². The molecule has 0 unspecified atom stereocenters. The molecule has 0 aromatic heterocycles. The molecule has 0 spiro atoms. The van der Waals surface area contributed by atoms with Crippen molar-refractivity contribution in [3.8, 4) is 0 Å². The Morgan fingerprint density at radius 1 is 1.14 bits per heavy atom. The summed E-state index contributed by atoms with van der Waals surface area (Å²) in [4.78, 5) is 14.7. The van der Waals surface area contributed by atoms with Crippen LogP contribution in [0.3, 0.4) is 0 Å². The third kappa shape index (κ3) is 3.82. The summed E-state index contributed by atoms with van der Waals surface area (Å²) in [7, 11) is 0. The molecule has 1 N–H and O–H groups in total. The summed E-state index contributed by atoms with van der Waals surface area (Å²) in [6, 6.07) is 9.21. The Labute approximate surface area is 134 Å². The summed E-state index contributed by atoms with van der Waals surface area (Å²) in [6.07, 6.45) is 5.20. The minimum Gasteiger partial charge on any atom is -0.360 e. The lowest BCUT2D eigenvalue weighted by Gasteiger charge is -2.29. The van der Waals surface area contributed by atoms with Crippen molar-refractivity contribution in [2.75, 3.05) is 11.4 Å². The van der Waals surface area contributed by atoms with E-state index >= 15 is 0 Å². The molecule has 1 amide bonds. The molecule has 0 aliphatic heterocycles. The lowest BCUT2D eigenvalue weighted by Crippen LogP contribution is -2.46. The van der Waals surface area contributed by atoms with Crippen LogP contribution in [0.1, 0.15) is 45.1 Å². The fourth-order valence-corrected chi connectivity index (χ4v) is 3.23. The highest BCUT2D eigenvalue weighted by Crippen LogP contribution is 2.44. The molecule has 22 heavy (non-hydrogen) atoms. The molecule has 2 fully saturated rings. The summed E-state index contributed by atoms with van der Waals surface area (Å²) >= 11 is 0. The molecular weight excluding hydrogens is 272 g/mol. The van der Waals surface area contributed by atoms with Crippen LogP contribution in [0.15, 0.2) is 24.3 Å². The third-order valence-electron chi connectivity index (χ3n) is 4.89. The highest BCUT2D eigenvalue weighted by atomic mass is 16.2. The van der Waals surface area contributed by atoms with Gasteiger partial charge in [0, 0.05) is 17.8 Å². The lowest BCUT2D eigenvalue weighted by atomic mass is 10.1. The number of nitrogens with zero attached hydrogens (tertiary/aromatic N) is 1. The van der Waals surface area contributed by atoms with Crippen molar-refractivity contribution in [1.29, 1.82) is 0 Å². The van der Waals surface area contributed by atoms with E-state index in [0.717, 1.165) is 17.5 Å². The summed E-state index contributed by atoms with van der Waals surface area (Å²) in [6.45, 7) is 6.83. The van der Waals surface area contributed by atoms with E-state index < -0.39 is 0 Å². The quantitative estimate of drug-likeness (QED) is 0.835. The Kier molecular flexibility index (Phi) is 4.42. The van der Waals surface area contributed by atoms with E-state index in [1.807, 2.05) is 0 Å². The van der Waals surface area contributed by atoms with Gasteiger partial charge in [0.2, 0.25) is 5.91 Å². The van der Waals surface area contributed by atoms with Gasteiger partial charge in [-0.1, -0.05) is 17.7 Å². The zero-order valence-corrected chi connectivity index (χ0v) is 14.0. The fourth-order valence-electron chi connectivity index (χ4n) is 3.23. The van der Waals surface area contributed by atoms with E-state index in [1.165, 1.54) is 31.2 Å². The van der Waals surface area contributed by atoms with Gasteiger partial charge in [-0.3, -0.25) is 4.79 Å². The number of carbonyl (C=O) groups is 1. The monoisotopic (exact) mass is 300 g/mol. The number of aryl methyl sites for hydroxylation is 1. The summed E-state index contributed by atoms with van der Waals surface area (Å²) in [5.41, 5.74) is 2.38. The van der Waals surface area contributed by atoms with Crippen LogP contribution in [0.5, 0.6) is 0 Å². The first-order chi connectivity index (χ1) is 10.5. The molecule has 0 atom stereocenters. The smallest absolute Gasteiger partial charge is 0.239 e. The van der Waals surface area contributed by atoms with Crippen molar-refractivity contribution in [2.45, 2.75) is 58.5 Å². The normalized spacial score (nSPS) is 17.9. The van der Waals surface area contributed by atoms with Crippen molar-refractivity contribution >= 4 is 11.6 Å². The van der Waals surface area contributed by atoms with Gasteiger partial charge in [-0.25, -0.2) is 0 Å². The van der Waals surface area contributed by atoms with Crippen LogP contribution in [-0.4, -0.2) is 24.5 Å². The van der Waals surface area contributed by atoms with Crippen molar-refractivity contribution in [2.24, 2.45) is 11.8 Å². The maximum atomic E-state index is 12.5. The Balaban J connectivity index is 1.62. The summed E-state index contributed by atoms with van der Waals surface area (Å²) < 4.78 is 0. The highest BCUT2D eigenvalue weighted by Gasteiger charge is 2.42. The van der Waals surface area contributed by atoms with Crippen molar-refractivity contribution < 1.29 is 4.79 Å². The van der Waals surface area contributed by atoms with E-state index in [4.69, 9.17) is 0 Å². The van der Waals surface area contributed by atoms with Gasteiger partial charge in [-0.2, -0.15) is 0 Å². The maximum Gasteiger partial charge on any atom is 0.239 e. The van der Waals surface area contributed by atoms with Gasteiger partial charge in [0.1, 0.15) is 0 Å². The van der Waals surface area contributed by atoms with Crippen LogP contribution in [-0.2, 0) is 4.79 Å². The van der Waals surface area contributed by atoms with E-state index in [2.05, 4.69) is 55.3 Å². The van der Waals surface area contributed by atoms with Gasteiger partial charge in [-0.05, 0) is 70.4 Å². The molecule has 3 heteroatoms. The second-order valence-electron chi connectivity index (χ2n) is 7.33. The molecule has 1 aromatic rings. The van der Waals surface area contributed by atoms with Crippen molar-refractivity contribution in [1.82, 2.24) is 5.32 Å². The number of anilines is 1. The average molecular weight is 300 g/mol. The maximum absolute atomic E-state index is 12.5. The van der Waals surface area contributed by atoms with Gasteiger partial charge in [0.15, 0.2) is 0 Å². The SMILES string of the molecule is Cc1ccc(N(CC(=O)NC(C2CC2)C2CC2)C(C)C)cc1. The molecule has 2 aliphatic carbocycles. The lowest BCUT2D eigenvalue weighted by molar-refractivity contribution is -0.120. The molecular formula is C19H28N2O. The number of nitrogens with one attached hydrogen (secondary N) is 1. The number of amides is 1. The number of carbonyl (C=O) groups excluding carboxylic acids is 1. The molecule has 0 heterocycles. The molecule has 120 valence electrons. The number of hydrogen-bond acceptors (Lipinski definition) is 2. The average Bonchev–Trinajstić information content (AvgIpc) is 3.37. The molecule has 0 bridgehead atoms. The zero-order chi connectivity index (χ0) is 15.7. The first-order valence-electron chi connectivity index (χ1n) is 8.67. The van der Waals surface area contributed by atoms with Gasteiger partial charge < -0.3 is 10.2 Å². The Morgan fingerprint density at radius 2 is 1.68 bits per heavy atom. The molecule has 3 nitrogen and oxygen atoms in total. The van der Waals surface area contributed by atoms with E-state index in [1.54, 1.807) is 0 Å². The number of hydrogen-bond donors (Lipinski definition) is 1. The first kappa shape index (κ1) is 15.4. The molecule has 0 saturated heterocycles. The standard InChI is InChI=1S/C19H28N2O/c1-13(2)21(17-10-4-14(3)5-11-17)12-18(22)20-19(15-6-7-15)16-8-9-16/h4-5,10-11,13,15-16,19H,6-9,12H2,1-3H3,(H,20,22). The highest BCUT2D eigenvalue weighted by molar-refractivity contribution is 5.82. The molecule has 1 aromatic carbocycles.